The molecule has 214 valence electrons. The van der Waals surface area contributed by atoms with E-state index in [1.54, 1.807) is 29.2 Å². The number of rotatable bonds is 7. The highest BCUT2D eigenvalue weighted by Crippen LogP contribution is 2.36. The van der Waals surface area contributed by atoms with Gasteiger partial charge < -0.3 is 15.1 Å². The molecule has 6 rings (SSSR count). The smallest absolute Gasteiger partial charge is 0.266 e. The number of hydrogen-bond donors (Lipinski definition) is 1. The molecule has 2 aliphatic heterocycles. The third-order valence-electron chi connectivity index (χ3n) is 7.40. The second-order valence-electron chi connectivity index (χ2n) is 10.8. The van der Waals surface area contributed by atoms with E-state index >= 15 is 0 Å². The molecule has 11 nitrogen and oxygen atoms in total. The molecule has 2 aliphatic rings. The van der Waals surface area contributed by atoms with Crippen LogP contribution in [0.5, 0.6) is 0 Å². The van der Waals surface area contributed by atoms with E-state index in [1.165, 1.54) is 10.4 Å². The number of nitrogens with two attached hydrogens (primary N) is 1. The van der Waals surface area contributed by atoms with Crippen LogP contribution < -0.4 is 10.0 Å². The summed E-state index contributed by atoms with van der Waals surface area (Å²) >= 11 is 1.54. The van der Waals surface area contributed by atoms with Crippen LogP contribution in [0.3, 0.4) is 0 Å². The van der Waals surface area contributed by atoms with Gasteiger partial charge in [0.25, 0.3) is 11.8 Å². The first kappa shape index (κ1) is 27.5. The molecule has 5 heterocycles. The maximum atomic E-state index is 13.9. The van der Waals surface area contributed by atoms with Crippen molar-refractivity contribution in [3.05, 3.63) is 75.6 Å². The first-order valence-electron chi connectivity index (χ1n) is 13.5. The highest BCUT2D eigenvalue weighted by atomic mass is 32.2. The van der Waals surface area contributed by atoms with Gasteiger partial charge in [-0.1, -0.05) is 30.3 Å². The highest BCUT2D eigenvalue weighted by Gasteiger charge is 2.36. The van der Waals surface area contributed by atoms with Gasteiger partial charge in [0.05, 0.1) is 17.3 Å². The molecule has 3 aromatic heterocycles. The number of benzene rings is 1. The lowest BCUT2D eigenvalue weighted by molar-refractivity contribution is 0.0735. The van der Waals surface area contributed by atoms with Gasteiger partial charge in [0, 0.05) is 29.7 Å². The Balaban J connectivity index is 1.37. The van der Waals surface area contributed by atoms with Crippen LogP contribution in [0.15, 0.2) is 52.3 Å². The Hall–Kier alpha value is -3.68. The summed E-state index contributed by atoms with van der Waals surface area (Å²) in [6, 6.07) is 12.7. The summed E-state index contributed by atoms with van der Waals surface area (Å²) in [5, 5.41) is 11.3. The normalized spacial score (nSPS) is 19.9. The van der Waals surface area contributed by atoms with Crippen molar-refractivity contribution in [3.63, 3.8) is 0 Å². The standard InChI is InChI=1S/C28H31N7O4S2/c1-18-17-40-25(30-18)22-10-6-11-34(22)26(36)20-14-21(31-23(15-20)35-12-7-13-41(35,37)38)24-32-33-27(39-24)28(2,29)16-19-8-4-3-5-9-19/h3-5,8-9,14-15,17,22H,6-7,10-13,16,29H2,1-2H3. The van der Waals surface area contributed by atoms with Gasteiger partial charge in [-0.2, -0.15) is 0 Å². The van der Waals surface area contributed by atoms with Crippen LogP contribution in [0.1, 0.15) is 64.7 Å². The lowest BCUT2D eigenvalue weighted by Crippen LogP contribution is -2.35. The van der Waals surface area contributed by atoms with E-state index in [-0.39, 0.29) is 47.5 Å². The van der Waals surface area contributed by atoms with E-state index in [9.17, 15) is 13.2 Å². The molecule has 2 fully saturated rings. The van der Waals surface area contributed by atoms with Gasteiger partial charge in [-0.25, -0.2) is 18.4 Å². The molecule has 2 saturated heterocycles. The molecule has 4 aromatic rings. The zero-order valence-electron chi connectivity index (χ0n) is 22.9. The number of nitrogens with zero attached hydrogens (tertiary/aromatic N) is 6. The predicted molar refractivity (Wildman–Crippen MR) is 155 cm³/mol. The number of carbonyl (C=O) groups is 1. The molecule has 2 atom stereocenters. The third kappa shape index (κ3) is 5.48. The fraction of sp³-hybridized carbons (Fsp3) is 0.393. The number of thiazole rings is 1. The topological polar surface area (TPSA) is 148 Å². The van der Waals surface area contributed by atoms with Crippen molar-refractivity contribution in [2.45, 2.75) is 51.1 Å². The van der Waals surface area contributed by atoms with Crippen molar-refractivity contribution < 1.29 is 17.6 Å². The number of aryl methyl sites for hydroxylation is 1. The van der Waals surface area contributed by atoms with Crippen LogP contribution in [0.2, 0.25) is 0 Å². The number of aromatic nitrogens is 4. The molecule has 1 aromatic carbocycles. The van der Waals surface area contributed by atoms with Gasteiger partial charge in [0.2, 0.25) is 15.9 Å². The summed E-state index contributed by atoms with van der Waals surface area (Å²) < 4.78 is 32.9. The minimum atomic E-state index is -3.55. The third-order valence-corrected chi connectivity index (χ3v) is 10.3. The van der Waals surface area contributed by atoms with E-state index in [4.69, 9.17) is 10.2 Å². The fourth-order valence-electron chi connectivity index (χ4n) is 5.38. The summed E-state index contributed by atoms with van der Waals surface area (Å²) in [5.41, 5.74) is 8.07. The largest absolute Gasteiger partial charge is 0.417 e. The Bertz CT molecular complexity index is 1680. The summed E-state index contributed by atoms with van der Waals surface area (Å²) in [6.45, 7) is 4.60. The number of anilines is 1. The van der Waals surface area contributed by atoms with Crippen LogP contribution in [-0.4, -0.2) is 58.2 Å². The minimum absolute atomic E-state index is 0.0233. The molecule has 2 unspecified atom stereocenters. The summed E-state index contributed by atoms with van der Waals surface area (Å²) in [5.74, 6) is 0.225. The van der Waals surface area contributed by atoms with Crippen molar-refractivity contribution in [3.8, 4) is 11.6 Å². The lowest BCUT2D eigenvalue weighted by atomic mass is 9.94. The highest BCUT2D eigenvalue weighted by molar-refractivity contribution is 7.93. The van der Waals surface area contributed by atoms with Gasteiger partial charge in [0.15, 0.2) is 0 Å². The SMILES string of the molecule is Cc1csc(C2CCCN2C(=O)c2cc(-c3nnc(C(C)(N)Cc4ccccc4)o3)nc(N3CCCS3(=O)=O)c2)n1. The Morgan fingerprint density at radius 3 is 2.66 bits per heavy atom. The Morgan fingerprint density at radius 1 is 1.15 bits per heavy atom. The van der Waals surface area contributed by atoms with Crippen molar-refractivity contribution in [1.29, 1.82) is 0 Å². The second-order valence-corrected chi connectivity index (χ2v) is 13.7. The molecule has 41 heavy (non-hydrogen) atoms. The zero-order chi connectivity index (χ0) is 28.8. The zero-order valence-corrected chi connectivity index (χ0v) is 24.5. The summed E-state index contributed by atoms with van der Waals surface area (Å²) in [7, 11) is -3.55. The molecular formula is C28H31N7O4S2. The van der Waals surface area contributed by atoms with Crippen LogP contribution in [0, 0.1) is 6.92 Å². The van der Waals surface area contributed by atoms with Gasteiger partial charge in [-0.15, -0.1) is 21.5 Å². The van der Waals surface area contributed by atoms with Crippen LogP contribution in [0.4, 0.5) is 5.82 Å². The predicted octanol–water partition coefficient (Wildman–Crippen LogP) is 3.83. The average molecular weight is 594 g/mol. The number of likely N-dealkylation sites (tertiary alicyclic amines) is 1. The monoisotopic (exact) mass is 593 g/mol. The molecule has 0 saturated carbocycles. The van der Waals surface area contributed by atoms with Crippen molar-refractivity contribution in [2.24, 2.45) is 5.73 Å². The Kier molecular flexibility index (Phi) is 7.12. The first-order valence-corrected chi connectivity index (χ1v) is 16.0. The number of carbonyl (C=O) groups excluding carboxylic acids is 1. The summed E-state index contributed by atoms with van der Waals surface area (Å²) in [6.07, 6.45) is 2.60. The van der Waals surface area contributed by atoms with Gasteiger partial charge in [0.1, 0.15) is 16.5 Å². The molecule has 0 spiro atoms. The van der Waals surface area contributed by atoms with E-state index in [0.717, 1.165) is 29.1 Å². The number of pyridine rings is 1. The van der Waals surface area contributed by atoms with E-state index < -0.39 is 15.6 Å². The minimum Gasteiger partial charge on any atom is -0.417 e. The molecule has 13 heteroatoms. The quantitative estimate of drug-likeness (QED) is 0.337. The molecule has 1 amide bonds. The van der Waals surface area contributed by atoms with Crippen molar-refractivity contribution in [2.75, 3.05) is 23.1 Å². The molecule has 0 radical (unpaired) electrons. The molecule has 0 bridgehead atoms. The van der Waals surface area contributed by atoms with Crippen molar-refractivity contribution >= 4 is 33.1 Å². The van der Waals surface area contributed by atoms with Crippen LogP contribution in [-0.2, 0) is 22.0 Å². The number of sulfonamides is 1. The molecule has 0 aliphatic carbocycles. The Labute approximate surface area is 242 Å². The van der Waals surface area contributed by atoms with E-state index in [2.05, 4.69) is 20.2 Å². The summed E-state index contributed by atoms with van der Waals surface area (Å²) in [4.78, 5) is 24.9. The first-order chi connectivity index (χ1) is 19.6. The fourth-order valence-corrected chi connectivity index (χ4v) is 7.83. The molecule has 2 N–H and O–H groups in total. The number of amides is 1. The van der Waals surface area contributed by atoms with Crippen LogP contribution >= 0.6 is 11.3 Å². The van der Waals surface area contributed by atoms with Gasteiger partial charge in [-0.05, 0) is 57.2 Å². The maximum absolute atomic E-state index is 13.9. The lowest BCUT2D eigenvalue weighted by Gasteiger charge is -2.24. The number of hydrogen-bond acceptors (Lipinski definition) is 10. The van der Waals surface area contributed by atoms with E-state index in [1.807, 2.05) is 42.6 Å². The van der Waals surface area contributed by atoms with Gasteiger partial charge >= 0.3 is 0 Å². The van der Waals surface area contributed by atoms with Crippen LogP contribution in [0.25, 0.3) is 11.6 Å². The average Bonchev–Trinajstić information content (AvgIpc) is 3.75. The maximum Gasteiger partial charge on any atom is 0.266 e. The van der Waals surface area contributed by atoms with Gasteiger partial charge in [-0.3, -0.25) is 9.10 Å². The van der Waals surface area contributed by atoms with E-state index in [0.29, 0.717) is 24.9 Å². The second kappa shape index (κ2) is 10.6. The van der Waals surface area contributed by atoms with Crippen molar-refractivity contribution in [1.82, 2.24) is 25.1 Å². The Morgan fingerprint density at radius 2 is 1.95 bits per heavy atom. The molecular weight excluding hydrogens is 562 g/mol.